The minimum absolute atomic E-state index is 0.0447. The van der Waals surface area contributed by atoms with Gasteiger partial charge in [-0.3, -0.25) is 9.11 Å². The third kappa shape index (κ3) is 3.88. The first kappa shape index (κ1) is 14.7. The van der Waals surface area contributed by atoms with Crippen molar-refractivity contribution < 1.29 is 9.32 Å². The number of piperidine rings is 1. The van der Waals surface area contributed by atoms with E-state index >= 15 is 0 Å². The fourth-order valence-electron chi connectivity index (χ4n) is 2.74. The molecule has 0 radical (unpaired) electrons. The summed E-state index contributed by atoms with van der Waals surface area (Å²) in [6.45, 7) is 5.37. The number of nitrogens with zero attached hydrogens (tertiary/aromatic N) is 1. The molecule has 2 unspecified atom stereocenters. The quantitative estimate of drug-likeness (QED) is 0.918. The second-order valence-corrected chi connectivity index (χ2v) is 7.26. The van der Waals surface area contributed by atoms with Crippen LogP contribution in [0.5, 0.6) is 0 Å². The maximum atomic E-state index is 11.3. The Labute approximate surface area is 118 Å². The monoisotopic (exact) mass is 281 g/mol. The Morgan fingerprint density at radius 2 is 2.05 bits per heavy atom. The number of rotatable bonds is 4. The Morgan fingerprint density at radius 1 is 1.37 bits per heavy atom. The van der Waals surface area contributed by atoms with Gasteiger partial charge in [0, 0.05) is 47.1 Å². The van der Waals surface area contributed by atoms with Crippen LogP contribution in [0.25, 0.3) is 0 Å². The Hall–Kier alpha value is -0.710. The van der Waals surface area contributed by atoms with Crippen molar-refractivity contribution in [3.8, 4) is 0 Å². The highest BCUT2D eigenvalue weighted by Crippen LogP contribution is 2.29. The van der Waals surface area contributed by atoms with Crippen LogP contribution in [0, 0.1) is 5.41 Å². The number of aliphatic hydroxyl groups is 1. The normalized spacial score (nSPS) is 26.3. The first-order valence-corrected chi connectivity index (χ1v) is 8.34. The molecule has 0 amide bonds. The van der Waals surface area contributed by atoms with Crippen LogP contribution in [0.15, 0.2) is 29.2 Å². The van der Waals surface area contributed by atoms with Crippen molar-refractivity contribution in [2.24, 2.45) is 5.41 Å². The highest BCUT2D eigenvalue weighted by atomic mass is 32.2. The zero-order chi connectivity index (χ0) is 13.9. The molecule has 1 aliphatic rings. The summed E-state index contributed by atoms with van der Waals surface area (Å²) in [7, 11) is -0.904. The molecule has 19 heavy (non-hydrogen) atoms. The van der Waals surface area contributed by atoms with Gasteiger partial charge in [0.05, 0.1) is 0 Å². The van der Waals surface area contributed by atoms with Crippen molar-refractivity contribution in [2.45, 2.75) is 31.2 Å². The highest BCUT2D eigenvalue weighted by molar-refractivity contribution is 7.84. The number of benzene rings is 1. The zero-order valence-electron chi connectivity index (χ0n) is 11.8. The van der Waals surface area contributed by atoms with E-state index in [0.717, 1.165) is 37.4 Å². The maximum absolute atomic E-state index is 11.3. The Bertz CT molecular complexity index is 446. The van der Waals surface area contributed by atoms with Gasteiger partial charge >= 0.3 is 0 Å². The van der Waals surface area contributed by atoms with Gasteiger partial charge in [-0.05, 0) is 37.1 Å². The van der Waals surface area contributed by atoms with Gasteiger partial charge in [-0.15, -0.1) is 0 Å². The third-order valence-corrected chi connectivity index (χ3v) is 4.84. The fraction of sp³-hybridized carbons (Fsp3) is 0.600. The molecule has 1 aromatic carbocycles. The van der Waals surface area contributed by atoms with Crippen LogP contribution in [0.3, 0.4) is 0 Å². The summed E-state index contributed by atoms with van der Waals surface area (Å²) in [4.78, 5) is 3.28. The molecule has 0 aliphatic carbocycles. The van der Waals surface area contributed by atoms with Gasteiger partial charge in [0.1, 0.15) is 0 Å². The average Bonchev–Trinajstić information content (AvgIpc) is 2.39. The van der Waals surface area contributed by atoms with E-state index in [1.807, 2.05) is 12.1 Å². The standard InChI is InChI=1S/C15H23NO2S/c1-15(12-17)8-3-9-16(11-15)10-13-4-6-14(7-5-13)19(2)18/h4-7,17H,3,8-12H2,1-2H3. The fourth-order valence-corrected chi connectivity index (χ4v) is 3.26. The molecule has 3 nitrogen and oxygen atoms in total. The van der Waals surface area contributed by atoms with Crippen molar-refractivity contribution in [3.63, 3.8) is 0 Å². The molecule has 2 atom stereocenters. The summed E-state index contributed by atoms with van der Waals surface area (Å²) >= 11 is 0. The van der Waals surface area contributed by atoms with Crippen LogP contribution in [-0.2, 0) is 17.3 Å². The van der Waals surface area contributed by atoms with Gasteiger partial charge in [0.2, 0.25) is 0 Å². The predicted molar refractivity (Wildman–Crippen MR) is 78.5 cm³/mol. The highest BCUT2D eigenvalue weighted by Gasteiger charge is 2.30. The molecule has 0 saturated carbocycles. The smallest absolute Gasteiger partial charge is 0.0498 e. The lowest BCUT2D eigenvalue weighted by Crippen LogP contribution is -2.43. The molecular formula is C15H23NO2S. The van der Waals surface area contributed by atoms with Gasteiger partial charge in [-0.1, -0.05) is 19.1 Å². The van der Waals surface area contributed by atoms with E-state index in [9.17, 15) is 9.32 Å². The van der Waals surface area contributed by atoms with Crippen LogP contribution in [0.1, 0.15) is 25.3 Å². The first-order valence-electron chi connectivity index (χ1n) is 6.78. The molecule has 1 heterocycles. The van der Waals surface area contributed by atoms with Crippen LogP contribution >= 0.6 is 0 Å². The van der Waals surface area contributed by atoms with Crippen molar-refractivity contribution in [1.29, 1.82) is 0 Å². The molecule has 0 bridgehead atoms. The number of aliphatic hydroxyl groups excluding tert-OH is 1. The topological polar surface area (TPSA) is 40.5 Å². The molecule has 1 saturated heterocycles. The Kier molecular flexibility index (Phi) is 4.76. The second-order valence-electron chi connectivity index (χ2n) is 5.88. The van der Waals surface area contributed by atoms with E-state index < -0.39 is 10.8 Å². The SMILES string of the molecule is CS(=O)c1ccc(CN2CCCC(C)(CO)C2)cc1. The second kappa shape index (κ2) is 6.16. The number of hydrogen-bond acceptors (Lipinski definition) is 3. The Morgan fingerprint density at radius 3 is 2.63 bits per heavy atom. The van der Waals surface area contributed by atoms with Crippen LogP contribution in [0.2, 0.25) is 0 Å². The lowest BCUT2D eigenvalue weighted by molar-refractivity contribution is 0.0429. The van der Waals surface area contributed by atoms with Gasteiger partial charge in [-0.2, -0.15) is 0 Å². The van der Waals surface area contributed by atoms with Crippen molar-refractivity contribution in [1.82, 2.24) is 4.90 Å². The molecule has 1 aliphatic heterocycles. The molecule has 1 aromatic rings. The van der Waals surface area contributed by atoms with Crippen molar-refractivity contribution in [3.05, 3.63) is 29.8 Å². The summed E-state index contributed by atoms with van der Waals surface area (Å²) in [5, 5.41) is 9.47. The van der Waals surface area contributed by atoms with Crippen LogP contribution in [0.4, 0.5) is 0 Å². The largest absolute Gasteiger partial charge is 0.396 e. The van der Waals surface area contributed by atoms with Crippen LogP contribution < -0.4 is 0 Å². The summed E-state index contributed by atoms with van der Waals surface area (Å²) in [6, 6.07) is 8.00. The Balaban J connectivity index is 1.99. The molecular weight excluding hydrogens is 258 g/mol. The van der Waals surface area contributed by atoms with Gasteiger partial charge in [0.25, 0.3) is 0 Å². The van der Waals surface area contributed by atoms with E-state index in [1.165, 1.54) is 5.56 Å². The van der Waals surface area contributed by atoms with Gasteiger partial charge < -0.3 is 5.11 Å². The van der Waals surface area contributed by atoms with E-state index in [-0.39, 0.29) is 12.0 Å². The van der Waals surface area contributed by atoms with E-state index in [1.54, 1.807) is 6.26 Å². The van der Waals surface area contributed by atoms with Crippen LogP contribution in [-0.4, -0.2) is 40.2 Å². The molecule has 0 spiro atoms. The maximum Gasteiger partial charge on any atom is 0.0498 e. The number of likely N-dealkylation sites (tertiary alicyclic amines) is 1. The average molecular weight is 281 g/mol. The first-order chi connectivity index (χ1) is 9.02. The lowest BCUT2D eigenvalue weighted by Gasteiger charge is -2.39. The number of hydrogen-bond donors (Lipinski definition) is 1. The summed E-state index contributed by atoms with van der Waals surface area (Å²) in [6.07, 6.45) is 3.95. The predicted octanol–water partition coefficient (Wildman–Crippen LogP) is 2.02. The summed E-state index contributed by atoms with van der Waals surface area (Å²) in [5.41, 5.74) is 1.29. The summed E-state index contributed by atoms with van der Waals surface area (Å²) < 4.78 is 11.3. The minimum atomic E-state index is -0.904. The van der Waals surface area contributed by atoms with E-state index in [0.29, 0.717) is 0 Å². The van der Waals surface area contributed by atoms with Crippen molar-refractivity contribution in [2.75, 3.05) is 26.0 Å². The zero-order valence-corrected chi connectivity index (χ0v) is 12.6. The third-order valence-electron chi connectivity index (χ3n) is 3.90. The van der Waals surface area contributed by atoms with E-state index in [4.69, 9.17) is 0 Å². The molecule has 4 heteroatoms. The molecule has 106 valence electrons. The molecule has 2 rings (SSSR count). The molecule has 1 fully saturated rings. The summed E-state index contributed by atoms with van der Waals surface area (Å²) in [5.74, 6) is 0. The minimum Gasteiger partial charge on any atom is -0.396 e. The lowest BCUT2D eigenvalue weighted by atomic mass is 9.82. The van der Waals surface area contributed by atoms with Gasteiger partial charge in [-0.25, -0.2) is 0 Å². The molecule has 1 N–H and O–H groups in total. The van der Waals surface area contributed by atoms with E-state index in [2.05, 4.69) is 24.0 Å². The molecule has 0 aromatic heterocycles. The van der Waals surface area contributed by atoms with Gasteiger partial charge in [0.15, 0.2) is 0 Å². The van der Waals surface area contributed by atoms with Crippen molar-refractivity contribution >= 4 is 10.8 Å².